The molecule has 0 bridgehead atoms. The molecule has 20 heavy (non-hydrogen) atoms. The van der Waals surface area contributed by atoms with Crippen LogP contribution >= 0.6 is 0 Å². The average molecular weight is 303 g/mol. The van der Waals surface area contributed by atoms with Crippen molar-refractivity contribution in [3.8, 4) is 0 Å². The lowest BCUT2D eigenvalue weighted by atomic mass is 9.99. The van der Waals surface area contributed by atoms with Crippen molar-refractivity contribution in [3.05, 3.63) is 0 Å². The molecule has 2 atom stereocenters. The summed E-state index contributed by atoms with van der Waals surface area (Å²) in [5, 5.41) is 0. The molecule has 0 spiro atoms. The van der Waals surface area contributed by atoms with E-state index in [-0.39, 0.29) is 6.04 Å². The van der Waals surface area contributed by atoms with Gasteiger partial charge in [0.05, 0.1) is 0 Å². The van der Waals surface area contributed by atoms with Crippen molar-refractivity contribution < 1.29 is 8.42 Å². The third-order valence-electron chi connectivity index (χ3n) is 4.53. The Kier molecular flexibility index (Phi) is 5.84. The minimum atomic E-state index is -3.27. The Morgan fingerprint density at radius 3 is 2.50 bits per heavy atom. The maximum absolute atomic E-state index is 12.2. The van der Waals surface area contributed by atoms with Crippen LogP contribution in [0, 0.1) is 5.92 Å². The molecular weight excluding hydrogens is 274 g/mol. The number of piperidine rings is 2. The summed E-state index contributed by atoms with van der Waals surface area (Å²) in [7, 11) is -3.27. The Balaban J connectivity index is 1.81. The highest BCUT2D eigenvalue weighted by Gasteiger charge is 2.26. The van der Waals surface area contributed by atoms with E-state index in [4.69, 9.17) is 0 Å². The Morgan fingerprint density at radius 1 is 1.15 bits per heavy atom. The normalized spacial score (nSPS) is 28.4. The summed E-state index contributed by atoms with van der Waals surface area (Å²) in [5.74, 6) is 0.727. The van der Waals surface area contributed by atoms with E-state index >= 15 is 0 Å². The van der Waals surface area contributed by atoms with E-state index in [1.54, 1.807) is 4.31 Å². The van der Waals surface area contributed by atoms with E-state index in [2.05, 4.69) is 23.5 Å². The molecule has 0 radical (unpaired) electrons. The minimum Gasteiger partial charge on any atom is -0.299 e. The molecule has 0 unspecified atom stereocenters. The Morgan fingerprint density at radius 2 is 1.85 bits per heavy atom. The van der Waals surface area contributed by atoms with Crippen LogP contribution in [0.15, 0.2) is 0 Å². The number of nitrogens with one attached hydrogen (secondary N) is 1. The van der Waals surface area contributed by atoms with E-state index in [0.717, 1.165) is 38.3 Å². The number of likely N-dealkylation sites (tertiary alicyclic amines) is 1. The van der Waals surface area contributed by atoms with Crippen molar-refractivity contribution in [2.45, 2.75) is 52.0 Å². The van der Waals surface area contributed by atoms with Crippen LogP contribution in [0.25, 0.3) is 0 Å². The fourth-order valence-corrected chi connectivity index (χ4v) is 4.55. The van der Waals surface area contributed by atoms with Gasteiger partial charge in [-0.2, -0.15) is 12.7 Å². The second kappa shape index (κ2) is 7.20. The van der Waals surface area contributed by atoms with Crippen LogP contribution < -0.4 is 4.72 Å². The number of nitrogens with zero attached hydrogens (tertiary/aromatic N) is 2. The Bertz CT molecular complexity index is 393. The molecule has 2 saturated heterocycles. The Hall–Kier alpha value is -0.170. The van der Waals surface area contributed by atoms with E-state index in [1.807, 2.05) is 0 Å². The van der Waals surface area contributed by atoms with Crippen molar-refractivity contribution >= 4 is 10.2 Å². The molecule has 1 N–H and O–H groups in total. The van der Waals surface area contributed by atoms with Gasteiger partial charge in [0.1, 0.15) is 0 Å². The lowest BCUT2D eigenvalue weighted by Crippen LogP contribution is -2.50. The van der Waals surface area contributed by atoms with Gasteiger partial charge in [-0.25, -0.2) is 4.72 Å². The highest BCUT2D eigenvalue weighted by Crippen LogP contribution is 2.18. The van der Waals surface area contributed by atoms with Gasteiger partial charge in [0.2, 0.25) is 0 Å². The van der Waals surface area contributed by atoms with Crippen LogP contribution in [0.4, 0.5) is 0 Å². The molecule has 6 heteroatoms. The fraction of sp³-hybridized carbons (Fsp3) is 1.00. The summed E-state index contributed by atoms with van der Waals surface area (Å²) in [4.78, 5) is 2.41. The molecule has 5 nitrogen and oxygen atoms in total. The molecule has 0 aliphatic carbocycles. The third kappa shape index (κ3) is 4.41. The summed E-state index contributed by atoms with van der Waals surface area (Å²) in [6.07, 6.45) is 5.64. The summed E-state index contributed by atoms with van der Waals surface area (Å²) in [5.41, 5.74) is 0. The SMILES string of the molecule is C[C@H]1CCCN([C@H](C)CNS(=O)(=O)N2CCCCC2)C1. The number of hydrogen-bond acceptors (Lipinski definition) is 3. The predicted molar refractivity (Wildman–Crippen MR) is 81.8 cm³/mol. The second-order valence-electron chi connectivity index (χ2n) is 6.40. The zero-order valence-corrected chi connectivity index (χ0v) is 13.7. The third-order valence-corrected chi connectivity index (χ3v) is 6.10. The summed E-state index contributed by atoms with van der Waals surface area (Å²) >= 11 is 0. The first-order valence-electron chi connectivity index (χ1n) is 7.98. The van der Waals surface area contributed by atoms with Gasteiger partial charge in [-0.1, -0.05) is 13.3 Å². The maximum atomic E-state index is 12.2. The van der Waals surface area contributed by atoms with Crippen molar-refractivity contribution in [3.63, 3.8) is 0 Å². The van der Waals surface area contributed by atoms with E-state index in [9.17, 15) is 8.42 Å². The van der Waals surface area contributed by atoms with E-state index in [1.165, 1.54) is 12.8 Å². The molecule has 0 aromatic heterocycles. The smallest absolute Gasteiger partial charge is 0.279 e. The van der Waals surface area contributed by atoms with Gasteiger partial charge in [-0.05, 0) is 45.1 Å². The van der Waals surface area contributed by atoms with Crippen LogP contribution in [0.5, 0.6) is 0 Å². The van der Waals surface area contributed by atoms with Crippen LogP contribution in [0.2, 0.25) is 0 Å². The van der Waals surface area contributed by atoms with Gasteiger partial charge in [-0.15, -0.1) is 0 Å². The fourth-order valence-electron chi connectivity index (χ4n) is 3.18. The number of hydrogen-bond donors (Lipinski definition) is 1. The monoisotopic (exact) mass is 303 g/mol. The minimum absolute atomic E-state index is 0.275. The maximum Gasteiger partial charge on any atom is 0.279 e. The molecule has 2 aliphatic rings. The quantitative estimate of drug-likeness (QED) is 0.836. The van der Waals surface area contributed by atoms with Crippen molar-refractivity contribution in [2.75, 3.05) is 32.7 Å². The Labute approximate surface area is 123 Å². The summed E-state index contributed by atoms with van der Waals surface area (Å²) in [6, 6.07) is 0.275. The molecule has 118 valence electrons. The first-order chi connectivity index (χ1) is 9.49. The number of rotatable bonds is 5. The molecule has 0 amide bonds. The standard InChI is InChI=1S/C14H29N3O2S/c1-13-7-6-8-16(12-13)14(2)11-15-20(18,19)17-9-4-3-5-10-17/h13-15H,3-12H2,1-2H3/t13-,14+/m0/s1. The molecule has 2 rings (SSSR count). The molecule has 2 aliphatic heterocycles. The predicted octanol–water partition coefficient (Wildman–Crippen LogP) is 1.43. The van der Waals surface area contributed by atoms with Gasteiger partial charge < -0.3 is 0 Å². The van der Waals surface area contributed by atoms with Gasteiger partial charge in [0.15, 0.2) is 0 Å². The molecule has 2 fully saturated rings. The summed E-state index contributed by atoms with van der Waals surface area (Å²) < 4.78 is 28.9. The topological polar surface area (TPSA) is 52.7 Å². The van der Waals surface area contributed by atoms with Crippen molar-refractivity contribution in [1.29, 1.82) is 0 Å². The van der Waals surface area contributed by atoms with Gasteiger partial charge in [0.25, 0.3) is 10.2 Å². The van der Waals surface area contributed by atoms with Crippen LogP contribution in [-0.4, -0.2) is 56.4 Å². The van der Waals surface area contributed by atoms with Crippen LogP contribution in [0.3, 0.4) is 0 Å². The highest BCUT2D eigenvalue weighted by molar-refractivity contribution is 7.87. The molecule has 0 saturated carbocycles. The largest absolute Gasteiger partial charge is 0.299 e. The zero-order valence-electron chi connectivity index (χ0n) is 12.8. The lowest BCUT2D eigenvalue weighted by Gasteiger charge is -2.36. The summed E-state index contributed by atoms with van der Waals surface area (Å²) in [6.45, 7) is 8.44. The van der Waals surface area contributed by atoms with E-state index in [0.29, 0.717) is 19.6 Å². The average Bonchev–Trinajstić information content (AvgIpc) is 2.46. The van der Waals surface area contributed by atoms with Crippen molar-refractivity contribution in [2.24, 2.45) is 5.92 Å². The first-order valence-corrected chi connectivity index (χ1v) is 9.42. The highest BCUT2D eigenvalue weighted by atomic mass is 32.2. The molecule has 2 heterocycles. The molecule has 0 aromatic carbocycles. The first kappa shape index (κ1) is 16.2. The second-order valence-corrected chi connectivity index (χ2v) is 8.16. The van der Waals surface area contributed by atoms with Crippen LogP contribution in [-0.2, 0) is 10.2 Å². The van der Waals surface area contributed by atoms with Gasteiger partial charge >= 0.3 is 0 Å². The van der Waals surface area contributed by atoms with Crippen LogP contribution in [0.1, 0.15) is 46.0 Å². The van der Waals surface area contributed by atoms with Gasteiger partial charge in [-0.3, -0.25) is 4.90 Å². The van der Waals surface area contributed by atoms with Crippen molar-refractivity contribution in [1.82, 2.24) is 13.9 Å². The molecule has 0 aromatic rings. The van der Waals surface area contributed by atoms with Gasteiger partial charge in [0, 0.05) is 32.2 Å². The zero-order chi connectivity index (χ0) is 14.6. The van der Waals surface area contributed by atoms with E-state index < -0.39 is 10.2 Å². The lowest BCUT2D eigenvalue weighted by molar-refractivity contribution is 0.139. The molecular formula is C14H29N3O2S.